The monoisotopic (exact) mass is 431 g/mol. The molecule has 0 amide bonds. The Morgan fingerprint density at radius 1 is 1.25 bits per heavy atom. The fourth-order valence-electron chi connectivity index (χ4n) is 1.14. The summed E-state index contributed by atoms with van der Waals surface area (Å²) in [5.41, 5.74) is 7.49. The van der Waals surface area contributed by atoms with E-state index in [2.05, 4.69) is 19.0 Å². The second kappa shape index (κ2) is 7.29. The van der Waals surface area contributed by atoms with Gasteiger partial charge in [0.05, 0.1) is 0 Å². The standard InChI is InChI=1S/C6H13N3P.W.Y/c7-6-8-2-1-3-9(10)5-4-8;;/h7H,1-5,10H2;;/q-1;;. The quantitative estimate of drug-likeness (QED) is 0.566. The number of rotatable bonds is 1. The maximum atomic E-state index is 7.49. The molecule has 1 fully saturated rings. The Morgan fingerprint density at radius 3 is 2.50 bits per heavy atom. The molecule has 0 spiro atoms. The SMILES string of the molecule is [NH-][C](=[W])N1CCCN(P)CC1.[Y]. The van der Waals surface area contributed by atoms with E-state index < -0.39 is 0 Å². The zero-order valence-electron chi connectivity index (χ0n) is 6.99. The molecule has 12 heavy (non-hydrogen) atoms. The van der Waals surface area contributed by atoms with Crippen molar-refractivity contribution in [1.29, 1.82) is 0 Å². The van der Waals surface area contributed by atoms with Gasteiger partial charge in [-0.05, 0) is 0 Å². The van der Waals surface area contributed by atoms with Crippen molar-refractivity contribution in [1.82, 2.24) is 9.57 Å². The second-order valence-electron chi connectivity index (χ2n) is 2.68. The third-order valence-corrected chi connectivity index (χ3v) is 3.26. The van der Waals surface area contributed by atoms with Crippen molar-refractivity contribution in [3.8, 4) is 0 Å². The van der Waals surface area contributed by atoms with E-state index in [0.29, 0.717) is 0 Å². The van der Waals surface area contributed by atoms with E-state index in [9.17, 15) is 0 Å². The van der Waals surface area contributed by atoms with Crippen LogP contribution in [0.4, 0.5) is 0 Å². The Morgan fingerprint density at radius 2 is 1.92 bits per heavy atom. The Hall–Kier alpha value is 1.97. The van der Waals surface area contributed by atoms with Crippen LogP contribution in [0, 0.1) is 0 Å². The zero-order chi connectivity index (χ0) is 8.27. The molecule has 0 saturated carbocycles. The molecule has 1 aliphatic rings. The van der Waals surface area contributed by atoms with Crippen LogP contribution in [0.3, 0.4) is 0 Å². The van der Waals surface area contributed by atoms with Gasteiger partial charge in [-0.2, -0.15) is 0 Å². The molecule has 1 aliphatic heterocycles. The summed E-state index contributed by atoms with van der Waals surface area (Å²) in [6, 6.07) is 0. The van der Waals surface area contributed by atoms with E-state index in [0.717, 1.165) is 30.3 Å². The first-order valence-corrected chi connectivity index (χ1v) is 5.68. The summed E-state index contributed by atoms with van der Waals surface area (Å²) in [4.78, 5) is 2.17. The fourth-order valence-corrected chi connectivity index (χ4v) is 2.09. The molecule has 0 aromatic rings. The topological polar surface area (TPSA) is 30.3 Å². The molecule has 0 aromatic heterocycles. The summed E-state index contributed by atoms with van der Waals surface area (Å²) >= 11 is 1.28. The van der Waals surface area contributed by atoms with Crippen molar-refractivity contribution < 1.29 is 52.1 Å². The molecule has 1 unspecified atom stereocenters. The molecule has 1 heterocycles. The molecule has 0 bridgehead atoms. The van der Waals surface area contributed by atoms with E-state index in [1.165, 1.54) is 25.8 Å². The second-order valence-corrected chi connectivity index (χ2v) is 4.80. The van der Waals surface area contributed by atoms with E-state index >= 15 is 0 Å². The van der Waals surface area contributed by atoms with Crippen LogP contribution in [0.5, 0.6) is 0 Å². The van der Waals surface area contributed by atoms with E-state index in [1.54, 1.807) is 0 Å². The predicted octanol–water partition coefficient (Wildman–Crippen LogP) is 0.468. The molecule has 1 radical (unpaired) electrons. The van der Waals surface area contributed by atoms with Gasteiger partial charge in [-0.25, -0.2) is 0 Å². The predicted molar refractivity (Wildman–Crippen MR) is 46.8 cm³/mol. The first-order valence-electron chi connectivity index (χ1n) is 3.70. The molecule has 1 rings (SSSR count). The number of nitrogens with one attached hydrogen (secondary N) is 1. The minimum absolute atomic E-state index is 0. The summed E-state index contributed by atoms with van der Waals surface area (Å²) in [6.45, 7) is 4.29. The average Bonchev–Trinajstić information content (AvgIpc) is 2.13. The van der Waals surface area contributed by atoms with E-state index in [-0.39, 0.29) is 32.7 Å². The van der Waals surface area contributed by atoms with Gasteiger partial charge in [0.1, 0.15) is 0 Å². The van der Waals surface area contributed by atoms with E-state index in [4.69, 9.17) is 5.73 Å². The largest absolute Gasteiger partial charge is 0 e. The van der Waals surface area contributed by atoms with Gasteiger partial charge < -0.3 is 0 Å². The van der Waals surface area contributed by atoms with Crippen LogP contribution >= 0.6 is 9.39 Å². The first-order chi connectivity index (χ1) is 5.20. The summed E-state index contributed by atoms with van der Waals surface area (Å²) in [6.07, 6.45) is 1.18. The van der Waals surface area contributed by atoms with Gasteiger partial charge in [0.15, 0.2) is 0 Å². The Bertz CT molecular complexity index is 158. The minimum Gasteiger partial charge on any atom is 0 e. The van der Waals surface area contributed by atoms with Crippen LogP contribution in [-0.2, 0) is 52.1 Å². The van der Waals surface area contributed by atoms with Gasteiger partial charge in [-0.3, -0.25) is 0 Å². The van der Waals surface area contributed by atoms with Gasteiger partial charge >= 0.3 is 80.8 Å². The Kier molecular flexibility index (Phi) is 8.49. The zero-order valence-corrected chi connectivity index (χ0v) is 13.9. The van der Waals surface area contributed by atoms with Gasteiger partial charge in [-0.15, -0.1) is 0 Å². The summed E-state index contributed by atoms with van der Waals surface area (Å²) < 4.78 is 3.03. The van der Waals surface area contributed by atoms with E-state index in [1.807, 2.05) is 0 Å². The third-order valence-electron chi connectivity index (χ3n) is 1.82. The van der Waals surface area contributed by atoms with Crippen molar-refractivity contribution in [2.45, 2.75) is 6.42 Å². The number of nitrogens with zero attached hydrogens (tertiary/aromatic N) is 2. The van der Waals surface area contributed by atoms with Gasteiger partial charge in [0, 0.05) is 32.7 Å². The summed E-state index contributed by atoms with van der Waals surface area (Å²) in [5, 5.41) is 0. The van der Waals surface area contributed by atoms with Crippen LogP contribution in [0.15, 0.2) is 0 Å². The smallest absolute Gasteiger partial charge is 0 e. The molecule has 0 aliphatic carbocycles. The van der Waals surface area contributed by atoms with Crippen molar-refractivity contribution in [3.63, 3.8) is 0 Å². The van der Waals surface area contributed by atoms with Crippen molar-refractivity contribution in [3.05, 3.63) is 5.73 Å². The first kappa shape index (κ1) is 14.0. The number of hydrogen-bond donors (Lipinski definition) is 0. The Labute approximate surface area is 112 Å². The fraction of sp³-hybridized carbons (Fsp3) is 0.833. The van der Waals surface area contributed by atoms with Crippen molar-refractivity contribution in [2.24, 2.45) is 0 Å². The summed E-state index contributed by atoms with van der Waals surface area (Å²) in [7, 11) is 2.73. The van der Waals surface area contributed by atoms with Gasteiger partial charge in [-0.1, -0.05) is 0 Å². The average molecular weight is 431 g/mol. The molecule has 6 heteroatoms. The maximum Gasteiger partial charge on any atom is 0 e. The van der Waals surface area contributed by atoms with Crippen LogP contribution in [0.2, 0.25) is 0 Å². The normalized spacial score (nSPS) is 21.2. The molecular weight excluding hydrogens is 418 g/mol. The molecule has 1 atom stereocenters. The van der Waals surface area contributed by atoms with Crippen molar-refractivity contribution >= 4 is 13.5 Å². The summed E-state index contributed by atoms with van der Waals surface area (Å²) in [5.74, 6) is 0. The molecule has 0 aromatic carbocycles. The van der Waals surface area contributed by atoms with Crippen LogP contribution in [0.25, 0.3) is 5.73 Å². The maximum absolute atomic E-state index is 7.49. The molecule has 1 N–H and O–H groups in total. The van der Waals surface area contributed by atoms with Crippen LogP contribution < -0.4 is 0 Å². The van der Waals surface area contributed by atoms with Gasteiger partial charge in [0.2, 0.25) is 0 Å². The minimum atomic E-state index is 0. The molecule has 67 valence electrons. The third kappa shape index (κ3) is 5.00. The molecule has 3 nitrogen and oxygen atoms in total. The van der Waals surface area contributed by atoms with Crippen molar-refractivity contribution in [2.75, 3.05) is 26.2 Å². The van der Waals surface area contributed by atoms with Gasteiger partial charge in [0.25, 0.3) is 0 Å². The molecular formula is C6H13N3PWY-. The Balaban J connectivity index is 0.00000121. The van der Waals surface area contributed by atoms with Crippen LogP contribution in [-0.4, -0.2) is 39.9 Å². The molecule has 1 saturated heterocycles. The van der Waals surface area contributed by atoms with Crippen LogP contribution in [0.1, 0.15) is 6.42 Å². The number of hydrogen-bond acceptors (Lipinski definition) is 2.